The van der Waals surface area contributed by atoms with Gasteiger partial charge in [0.05, 0.1) is 17.1 Å². The smallest absolute Gasteiger partial charge is 0.151 e. The van der Waals surface area contributed by atoms with Gasteiger partial charge in [-0.2, -0.15) is 0 Å². The van der Waals surface area contributed by atoms with Crippen LogP contribution in [0, 0.1) is 25.7 Å². The minimum atomic E-state index is 0.192. The Kier molecular flexibility index (Phi) is 4.72. The Morgan fingerprint density at radius 3 is 2.37 bits per heavy atom. The highest BCUT2D eigenvalue weighted by Gasteiger charge is 2.36. The number of benzene rings is 1. The number of aromatic hydroxyl groups is 1. The zero-order valence-electron chi connectivity index (χ0n) is 17.9. The Hall–Kier alpha value is -2.89. The lowest BCUT2D eigenvalue weighted by Crippen LogP contribution is -2.37. The van der Waals surface area contributed by atoms with Gasteiger partial charge in [-0.1, -0.05) is 12.8 Å². The summed E-state index contributed by atoms with van der Waals surface area (Å²) in [4.78, 5) is 6.73. The summed E-state index contributed by atoms with van der Waals surface area (Å²) in [5.41, 5.74) is 3.20. The lowest BCUT2D eigenvalue weighted by molar-refractivity contribution is 0.312. The molecule has 2 aromatic heterocycles. The molecule has 3 aromatic rings. The van der Waals surface area contributed by atoms with Crippen molar-refractivity contribution in [2.45, 2.75) is 52.0 Å². The first-order chi connectivity index (χ1) is 14.5. The fourth-order valence-electron chi connectivity index (χ4n) is 5.40. The monoisotopic (exact) mass is 403 g/mol. The Balaban J connectivity index is 1.36. The number of hydrogen-bond donors (Lipinski definition) is 1. The van der Waals surface area contributed by atoms with Crippen LogP contribution in [0.5, 0.6) is 5.75 Å². The van der Waals surface area contributed by atoms with Gasteiger partial charge >= 0.3 is 0 Å². The fraction of sp³-hybridized carbons (Fsp3) is 0.458. The van der Waals surface area contributed by atoms with Gasteiger partial charge in [-0.3, -0.25) is 0 Å². The van der Waals surface area contributed by atoms with Crippen molar-refractivity contribution in [2.24, 2.45) is 11.8 Å². The number of hydrogen-bond acceptors (Lipinski definition) is 5. The van der Waals surface area contributed by atoms with Crippen molar-refractivity contribution in [3.8, 4) is 22.7 Å². The topological polar surface area (TPSA) is 67.1 Å². The van der Waals surface area contributed by atoms with E-state index >= 15 is 0 Å². The van der Waals surface area contributed by atoms with Gasteiger partial charge < -0.3 is 14.6 Å². The Labute approximate surface area is 177 Å². The van der Waals surface area contributed by atoms with Gasteiger partial charge in [-0.15, -0.1) is 10.2 Å². The molecular formula is C24H29N5O. The number of fused-ring (bicyclic) bond motifs is 2. The number of rotatable bonds is 4. The molecule has 2 bridgehead atoms. The van der Waals surface area contributed by atoms with Gasteiger partial charge in [-0.05, 0) is 69.2 Å². The third kappa shape index (κ3) is 3.44. The van der Waals surface area contributed by atoms with E-state index in [1.165, 1.54) is 32.1 Å². The van der Waals surface area contributed by atoms with Crippen LogP contribution in [0.3, 0.4) is 0 Å². The summed E-state index contributed by atoms with van der Waals surface area (Å²) in [7, 11) is 2.14. The Morgan fingerprint density at radius 2 is 1.77 bits per heavy atom. The maximum atomic E-state index is 10.6. The van der Waals surface area contributed by atoms with E-state index in [0.717, 1.165) is 34.9 Å². The average Bonchev–Trinajstić information content (AvgIpc) is 3.27. The standard InChI is InChI=1S/C24H29N5O/c1-15-14-29(16(2)25-15)19-6-7-21(23(30)13-19)22-8-9-24(27-26-22)28(3)20-11-17-4-5-18(10-17)12-20/h6-9,13-14,17-18,20,30H,4-5,10-12H2,1-3H3/t17-,18?,20+/m0/s1. The summed E-state index contributed by atoms with van der Waals surface area (Å²) in [6, 6.07) is 10.2. The van der Waals surface area contributed by atoms with Crippen LogP contribution in [0.1, 0.15) is 43.6 Å². The molecular weight excluding hydrogens is 374 g/mol. The van der Waals surface area contributed by atoms with Gasteiger partial charge in [0.2, 0.25) is 0 Å². The Bertz CT molecular complexity index is 1050. The molecule has 2 fully saturated rings. The molecule has 0 saturated heterocycles. The maximum absolute atomic E-state index is 10.6. The molecule has 30 heavy (non-hydrogen) atoms. The normalized spacial score (nSPS) is 23.0. The maximum Gasteiger partial charge on any atom is 0.151 e. The van der Waals surface area contributed by atoms with Gasteiger partial charge in [0.1, 0.15) is 11.6 Å². The van der Waals surface area contributed by atoms with Crippen molar-refractivity contribution >= 4 is 5.82 Å². The number of nitrogens with zero attached hydrogens (tertiary/aromatic N) is 5. The lowest BCUT2D eigenvalue weighted by Gasteiger charge is -2.35. The minimum Gasteiger partial charge on any atom is -0.507 e. The highest BCUT2D eigenvalue weighted by atomic mass is 16.3. The highest BCUT2D eigenvalue weighted by Crippen LogP contribution is 2.43. The van der Waals surface area contributed by atoms with E-state index in [-0.39, 0.29) is 5.75 Å². The van der Waals surface area contributed by atoms with Gasteiger partial charge in [0.25, 0.3) is 0 Å². The SMILES string of the molecule is Cc1cn(-c2ccc(-c3ccc(N(C)[C@H]4CC5CC[C@@H](C5)C4)nn3)c(O)c2)c(C)n1. The summed E-state index contributed by atoms with van der Waals surface area (Å²) in [5, 5.41) is 19.6. The lowest BCUT2D eigenvalue weighted by atomic mass is 9.85. The third-order valence-electron chi connectivity index (χ3n) is 6.96. The molecule has 2 saturated carbocycles. The van der Waals surface area contributed by atoms with E-state index in [1.807, 2.05) is 48.9 Å². The number of aromatic nitrogens is 4. The van der Waals surface area contributed by atoms with E-state index in [1.54, 1.807) is 6.07 Å². The van der Waals surface area contributed by atoms with Gasteiger partial charge in [0.15, 0.2) is 5.82 Å². The second-order valence-electron chi connectivity index (χ2n) is 9.06. The van der Waals surface area contributed by atoms with Crippen LogP contribution in [-0.2, 0) is 0 Å². The molecule has 5 rings (SSSR count). The molecule has 1 aromatic carbocycles. The van der Waals surface area contributed by atoms with E-state index in [0.29, 0.717) is 17.3 Å². The first-order valence-corrected chi connectivity index (χ1v) is 10.9. The summed E-state index contributed by atoms with van der Waals surface area (Å²) < 4.78 is 1.97. The summed E-state index contributed by atoms with van der Waals surface area (Å²) >= 11 is 0. The van der Waals surface area contributed by atoms with Crippen molar-refractivity contribution in [3.05, 3.63) is 48.0 Å². The number of imidazole rings is 1. The molecule has 2 aliphatic carbocycles. The molecule has 2 heterocycles. The van der Waals surface area contributed by atoms with Crippen LogP contribution in [0.25, 0.3) is 16.9 Å². The number of anilines is 1. The zero-order chi connectivity index (χ0) is 20.8. The zero-order valence-corrected chi connectivity index (χ0v) is 17.9. The second-order valence-corrected chi connectivity index (χ2v) is 9.06. The minimum absolute atomic E-state index is 0.192. The van der Waals surface area contributed by atoms with Crippen LogP contribution in [-0.4, -0.2) is 37.9 Å². The molecule has 1 unspecified atom stereocenters. The van der Waals surface area contributed by atoms with Crippen molar-refractivity contribution in [1.82, 2.24) is 19.7 Å². The summed E-state index contributed by atoms with van der Waals surface area (Å²) in [5.74, 6) is 3.77. The van der Waals surface area contributed by atoms with Crippen LogP contribution in [0.2, 0.25) is 0 Å². The molecule has 0 radical (unpaired) electrons. The highest BCUT2D eigenvalue weighted by molar-refractivity contribution is 5.69. The first-order valence-electron chi connectivity index (χ1n) is 10.9. The van der Waals surface area contributed by atoms with Gasteiger partial charge in [0, 0.05) is 30.9 Å². The molecule has 3 atom stereocenters. The van der Waals surface area contributed by atoms with E-state index in [9.17, 15) is 5.11 Å². The molecule has 0 spiro atoms. The van der Waals surface area contributed by atoms with E-state index in [4.69, 9.17) is 0 Å². The van der Waals surface area contributed by atoms with Crippen molar-refractivity contribution in [3.63, 3.8) is 0 Å². The van der Waals surface area contributed by atoms with Crippen molar-refractivity contribution in [2.75, 3.05) is 11.9 Å². The Morgan fingerprint density at radius 1 is 1.00 bits per heavy atom. The second kappa shape index (κ2) is 7.42. The van der Waals surface area contributed by atoms with Crippen molar-refractivity contribution in [1.29, 1.82) is 0 Å². The van der Waals surface area contributed by atoms with Crippen LogP contribution < -0.4 is 4.90 Å². The fourth-order valence-corrected chi connectivity index (χ4v) is 5.40. The predicted molar refractivity (Wildman–Crippen MR) is 118 cm³/mol. The third-order valence-corrected chi connectivity index (χ3v) is 6.96. The van der Waals surface area contributed by atoms with Gasteiger partial charge in [-0.25, -0.2) is 4.98 Å². The van der Waals surface area contributed by atoms with Crippen LogP contribution in [0.15, 0.2) is 36.5 Å². The largest absolute Gasteiger partial charge is 0.507 e. The summed E-state index contributed by atoms with van der Waals surface area (Å²) in [6.07, 6.45) is 8.71. The number of phenolic OH excluding ortho intramolecular Hbond substituents is 1. The van der Waals surface area contributed by atoms with E-state index < -0.39 is 0 Å². The van der Waals surface area contributed by atoms with Crippen LogP contribution >= 0.6 is 0 Å². The molecule has 6 nitrogen and oxygen atoms in total. The van der Waals surface area contributed by atoms with E-state index in [2.05, 4.69) is 27.1 Å². The molecule has 156 valence electrons. The number of phenols is 1. The average molecular weight is 404 g/mol. The molecule has 0 aliphatic heterocycles. The molecule has 1 N–H and O–H groups in total. The number of aryl methyl sites for hydroxylation is 2. The summed E-state index contributed by atoms with van der Waals surface area (Å²) in [6.45, 7) is 3.92. The first kappa shape index (κ1) is 19.1. The van der Waals surface area contributed by atoms with Crippen molar-refractivity contribution < 1.29 is 5.11 Å². The quantitative estimate of drug-likeness (QED) is 0.686. The molecule has 2 aliphatic rings. The molecule has 6 heteroatoms. The predicted octanol–water partition coefficient (Wildman–Crippen LogP) is 4.67. The van der Waals surface area contributed by atoms with Crippen LogP contribution in [0.4, 0.5) is 5.82 Å². The molecule has 0 amide bonds.